The highest BCUT2D eigenvalue weighted by Gasteiger charge is 2.27. The number of esters is 1. The van der Waals surface area contributed by atoms with Crippen molar-refractivity contribution < 1.29 is 29.0 Å². The lowest BCUT2D eigenvalue weighted by Crippen LogP contribution is -2.52. The molecule has 1 unspecified atom stereocenters. The summed E-state index contributed by atoms with van der Waals surface area (Å²) in [6, 6.07) is -1.96. The van der Waals surface area contributed by atoms with E-state index in [9.17, 15) is 24.3 Å². The molecule has 0 aliphatic rings. The molecular weight excluding hydrogens is 705 g/mol. The molecule has 0 saturated carbocycles. The minimum atomic E-state index is -1.12. The number of carboxylic acids is 1. The van der Waals surface area contributed by atoms with E-state index in [1.165, 1.54) is 128 Å². The molecule has 0 spiro atoms. The Kier molecular flexibility index (Phi) is 39.4. The number of carbonyl (C=O) groups is 4. The van der Waals surface area contributed by atoms with Crippen molar-refractivity contribution in [2.24, 2.45) is 11.5 Å². The van der Waals surface area contributed by atoms with Gasteiger partial charge in [-0.15, -0.1) is 0 Å². The molecule has 0 aliphatic carbocycles. The van der Waals surface area contributed by atoms with E-state index in [0.29, 0.717) is 58.0 Å². The number of nitrogens with one attached hydrogen (secondary N) is 2. The van der Waals surface area contributed by atoms with Crippen LogP contribution in [-0.2, 0) is 23.9 Å². The highest BCUT2D eigenvalue weighted by Crippen LogP contribution is 2.18. The molecule has 0 fully saturated rings. The summed E-state index contributed by atoms with van der Waals surface area (Å²) < 4.78 is 5.92. The molecular formula is C46H90N4O6. The van der Waals surface area contributed by atoms with E-state index in [1.54, 1.807) is 0 Å². The molecule has 330 valence electrons. The second kappa shape index (κ2) is 41.0. The first-order valence-electron chi connectivity index (χ1n) is 23.7. The molecule has 0 saturated heterocycles. The predicted octanol–water partition coefficient (Wildman–Crippen LogP) is 10.6. The maximum Gasteiger partial charge on any atom is 0.326 e. The lowest BCUT2D eigenvalue weighted by Gasteiger charge is -2.23. The highest BCUT2D eigenvalue weighted by molar-refractivity contribution is 5.90. The van der Waals surface area contributed by atoms with Crippen LogP contribution in [0.5, 0.6) is 0 Å². The van der Waals surface area contributed by atoms with E-state index in [-0.39, 0.29) is 24.7 Å². The number of hydrogen-bond donors (Lipinski definition) is 5. The number of carbonyl (C=O) groups excluding carboxylic acids is 3. The standard InChI is InChI=1S/C46H90N4O6/c1-3-5-7-9-11-13-15-17-19-21-23-25-27-33-40(56-44(52)36-28-26-24-22-20-18-16-14-12-10-8-6-4-2)39-43(51)49-41(34-29-31-37-47)45(53)50-42(46(54)55)35-30-32-38-48/h40-42H,3-39,47-48H2,1-2H3,(H,49,51)(H,50,53)(H,54,55)/t40?,41-,42-/m0/s1. The van der Waals surface area contributed by atoms with E-state index in [1.807, 2.05) is 0 Å². The Hall–Kier alpha value is -2.20. The molecule has 2 amide bonds. The lowest BCUT2D eigenvalue weighted by atomic mass is 10.0. The van der Waals surface area contributed by atoms with Gasteiger partial charge in [-0.25, -0.2) is 4.79 Å². The van der Waals surface area contributed by atoms with Gasteiger partial charge in [0.15, 0.2) is 0 Å². The molecule has 0 aromatic rings. The van der Waals surface area contributed by atoms with Crippen molar-refractivity contribution in [1.82, 2.24) is 10.6 Å². The van der Waals surface area contributed by atoms with Gasteiger partial charge >= 0.3 is 11.9 Å². The molecule has 0 aromatic carbocycles. The van der Waals surface area contributed by atoms with Crippen LogP contribution >= 0.6 is 0 Å². The zero-order chi connectivity index (χ0) is 41.3. The van der Waals surface area contributed by atoms with Gasteiger partial charge in [0.25, 0.3) is 0 Å². The third kappa shape index (κ3) is 35.0. The number of hydrogen-bond acceptors (Lipinski definition) is 7. The van der Waals surface area contributed by atoms with Gasteiger partial charge in [-0.3, -0.25) is 14.4 Å². The minimum absolute atomic E-state index is 0.0257. The fraction of sp³-hybridized carbons (Fsp3) is 0.913. The molecule has 10 heteroatoms. The third-order valence-electron chi connectivity index (χ3n) is 11.0. The Morgan fingerprint density at radius 1 is 0.482 bits per heavy atom. The number of carboxylic acid groups (broad SMARTS) is 1. The first kappa shape index (κ1) is 53.8. The van der Waals surface area contributed by atoms with Gasteiger partial charge < -0.3 is 31.9 Å². The van der Waals surface area contributed by atoms with Crippen LogP contribution in [0.25, 0.3) is 0 Å². The Bertz CT molecular complexity index is 935. The molecule has 3 atom stereocenters. The van der Waals surface area contributed by atoms with Gasteiger partial charge in [0.1, 0.15) is 18.2 Å². The molecule has 7 N–H and O–H groups in total. The van der Waals surface area contributed by atoms with Crippen molar-refractivity contribution in [1.29, 1.82) is 0 Å². The predicted molar refractivity (Wildman–Crippen MR) is 232 cm³/mol. The van der Waals surface area contributed by atoms with Gasteiger partial charge in [0.05, 0.1) is 6.42 Å². The minimum Gasteiger partial charge on any atom is -0.480 e. The van der Waals surface area contributed by atoms with Gasteiger partial charge in [-0.2, -0.15) is 0 Å². The molecule has 0 radical (unpaired) electrons. The van der Waals surface area contributed by atoms with Crippen LogP contribution < -0.4 is 22.1 Å². The SMILES string of the molecule is CCCCCCCCCCCCCCCC(=O)OC(CCCCCCCCCCCCCCC)CC(=O)N[C@@H](CCCCN)C(=O)N[C@@H](CCCCN)C(=O)O. The Labute approximate surface area is 343 Å². The zero-order valence-corrected chi connectivity index (χ0v) is 36.5. The second-order valence-corrected chi connectivity index (χ2v) is 16.4. The summed E-state index contributed by atoms with van der Waals surface area (Å²) >= 11 is 0. The van der Waals surface area contributed by atoms with Gasteiger partial charge in [0.2, 0.25) is 11.8 Å². The normalized spacial score (nSPS) is 12.9. The van der Waals surface area contributed by atoms with Crippen LogP contribution in [0.4, 0.5) is 0 Å². The van der Waals surface area contributed by atoms with E-state index in [2.05, 4.69) is 24.5 Å². The molecule has 0 aromatic heterocycles. The average Bonchev–Trinajstić information content (AvgIpc) is 3.17. The molecule has 56 heavy (non-hydrogen) atoms. The van der Waals surface area contributed by atoms with Crippen LogP contribution in [0.15, 0.2) is 0 Å². The topological polar surface area (TPSA) is 174 Å². The van der Waals surface area contributed by atoms with Gasteiger partial charge in [-0.05, 0) is 70.9 Å². The highest BCUT2D eigenvalue weighted by atomic mass is 16.5. The summed E-state index contributed by atoms with van der Waals surface area (Å²) in [6.45, 7) is 5.41. The summed E-state index contributed by atoms with van der Waals surface area (Å²) in [7, 11) is 0. The number of aliphatic carboxylic acids is 1. The molecule has 0 rings (SSSR count). The zero-order valence-electron chi connectivity index (χ0n) is 36.5. The molecule has 10 nitrogen and oxygen atoms in total. The van der Waals surface area contributed by atoms with Gasteiger partial charge in [-0.1, -0.05) is 168 Å². The second-order valence-electron chi connectivity index (χ2n) is 16.4. The Balaban J connectivity index is 4.98. The van der Waals surface area contributed by atoms with Crippen LogP contribution in [-0.4, -0.2) is 60.1 Å². The number of ether oxygens (including phenoxy) is 1. The Morgan fingerprint density at radius 2 is 0.857 bits per heavy atom. The molecule has 0 bridgehead atoms. The maximum atomic E-state index is 13.4. The van der Waals surface area contributed by atoms with Crippen LogP contribution in [0, 0.1) is 0 Å². The van der Waals surface area contributed by atoms with Crippen LogP contribution in [0.2, 0.25) is 0 Å². The summed E-state index contributed by atoms with van der Waals surface area (Å²) in [4.78, 5) is 51.5. The largest absolute Gasteiger partial charge is 0.480 e. The van der Waals surface area contributed by atoms with E-state index < -0.39 is 30.1 Å². The fourth-order valence-electron chi connectivity index (χ4n) is 7.37. The van der Waals surface area contributed by atoms with Crippen molar-refractivity contribution in [3.8, 4) is 0 Å². The smallest absolute Gasteiger partial charge is 0.326 e. The van der Waals surface area contributed by atoms with Crippen molar-refractivity contribution in [3.63, 3.8) is 0 Å². The van der Waals surface area contributed by atoms with E-state index >= 15 is 0 Å². The maximum absolute atomic E-state index is 13.4. The molecule has 0 heterocycles. The quantitative estimate of drug-likeness (QED) is 0.0299. The first-order chi connectivity index (χ1) is 27.3. The monoisotopic (exact) mass is 795 g/mol. The fourth-order valence-corrected chi connectivity index (χ4v) is 7.37. The number of rotatable bonds is 43. The van der Waals surface area contributed by atoms with Crippen molar-refractivity contribution in [2.75, 3.05) is 13.1 Å². The summed E-state index contributed by atoms with van der Waals surface area (Å²) in [5.74, 6) is -2.28. The molecule has 0 aliphatic heterocycles. The van der Waals surface area contributed by atoms with Gasteiger partial charge in [0, 0.05) is 6.42 Å². The summed E-state index contributed by atoms with van der Waals surface area (Å²) in [5, 5.41) is 15.2. The average molecular weight is 795 g/mol. The van der Waals surface area contributed by atoms with Crippen molar-refractivity contribution in [3.05, 3.63) is 0 Å². The van der Waals surface area contributed by atoms with Crippen molar-refractivity contribution in [2.45, 2.75) is 257 Å². The first-order valence-corrected chi connectivity index (χ1v) is 23.7. The number of nitrogens with two attached hydrogens (primary N) is 2. The van der Waals surface area contributed by atoms with Crippen LogP contribution in [0.3, 0.4) is 0 Å². The summed E-state index contributed by atoms with van der Waals surface area (Å²) in [6.07, 6.45) is 35.7. The number of unbranched alkanes of at least 4 members (excludes halogenated alkanes) is 26. The third-order valence-corrected chi connectivity index (χ3v) is 11.0. The summed E-state index contributed by atoms with van der Waals surface area (Å²) in [5.41, 5.74) is 11.3. The van der Waals surface area contributed by atoms with Crippen LogP contribution in [0.1, 0.15) is 239 Å². The lowest BCUT2D eigenvalue weighted by molar-refractivity contribution is -0.151. The van der Waals surface area contributed by atoms with Crippen molar-refractivity contribution >= 4 is 23.8 Å². The number of amides is 2. The Morgan fingerprint density at radius 3 is 1.27 bits per heavy atom. The van der Waals surface area contributed by atoms with E-state index in [0.717, 1.165) is 38.5 Å². The van der Waals surface area contributed by atoms with E-state index in [4.69, 9.17) is 16.2 Å².